The molecule has 1 heterocycles. The highest BCUT2D eigenvalue weighted by Crippen LogP contribution is 1.94. The first kappa shape index (κ1) is 13.0. The van der Waals surface area contributed by atoms with E-state index in [4.69, 9.17) is 0 Å². The van der Waals surface area contributed by atoms with Crippen LogP contribution in [0.5, 0.6) is 0 Å². The molecule has 0 saturated heterocycles. The van der Waals surface area contributed by atoms with Crippen molar-refractivity contribution in [2.75, 3.05) is 6.54 Å². The molecule has 3 nitrogen and oxygen atoms in total. The largest absolute Gasteiger partial charge is 0.315 e. The molecule has 0 aromatic carbocycles. The number of aromatic nitrogens is 1. The van der Waals surface area contributed by atoms with Crippen LogP contribution in [0.4, 0.5) is 0 Å². The lowest BCUT2D eigenvalue weighted by Crippen LogP contribution is -2.27. The third kappa shape index (κ3) is 3.81. The van der Waals surface area contributed by atoms with E-state index in [1.807, 2.05) is 18.3 Å². The molecule has 0 aliphatic carbocycles. The highest BCUT2D eigenvalue weighted by molar-refractivity contribution is 5.10. The number of unbranched alkanes of at least 4 members (excludes halogenated alkanes) is 1. The molecule has 90 valence electrons. The fourth-order valence-electron chi connectivity index (χ4n) is 1.66. The van der Waals surface area contributed by atoms with Crippen molar-refractivity contribution in [3.05, 3.63) is 34.2 Å². The molecular formula is C13H22N2O. The number of nitrogens with one attached hydrogen (secondary N) is 1. The summed E-state index contributed by atoms with van der Waals surface area (Å²) in [5, 5.41) is 3.30. The molecule has 0 radical (unpaired) electrons. The monoisotopic (exact) mass is 222 g/mol. The van der Waals surface area contributed by atoms with Crippen molar-refractivity contribution in [3.63, 3.8) is 0 Å². The van der Waals surface area contributed by atoms with Gasteiger partial charge in [0.1, 0.15) is 0 Å². The Morgan fingerprint density at radius 1 is 1.31 bits per heavy atom. The Labute approximate surface area is 97.5 Å². The van der Waals surface area contributed by atoms with Crippen molar-refractivity contribution >= 4 is 0 Å². The van der Waals surface area contributed by atoms with Gasteiger partial charge in [0.15, 0.2) is 0 Å². The lowest BCUT2D eigenvalue weighted by atomic mass is 10.2. The molecule has 0 bridgehead atoms. The fourth-order valence-corrected chi connectivity index (χ4v) is 1.66. The second-order valence-electron chi connectivity index (χ2n) is 4.06. The number of pyridine rings is 1. The first-order chi connectivity index (χ1) is 7.79. The van der Waals surface area contributed by atoms with Gasteiger partial charge < -0.3 is 9.88 Å². The summed E-state index contributed by atoms with van der Waals surface area (Å²) in [6.07, 6.45) is 5.20. The van der Waals surface area contributed by atoms with Crippen molar-refractivity contribution in [1.82, 2.24) is 9.88 Å². The molecule has 1 N–H and O–H groups in total. The van der Waals surface area contributed by atoms with Gasteiger partial charge in [-0.15, -0.1) is 0 Å². The molecule has 1 aromatic rings. The smallest absolute Gasteiger partial charge is 0.255 e. The zero-order valence-electron chi connectivity index (χ0n) is 10.3. The summed E-state index contributed by atoms with van der Waals surface area (Å²) in [6.45, 7) is 6.72. The molecule has 0 unspecified atom stereocenters. The topological polar surface area (TPSA) is 34.0 Å². The lowest BCUT2D eigenvalue weighted by molar-refractivity contribution is 0.614. The molecule has 16 heavy (non-hydrogen) atoms. The summed E-state index contributed by atoms with van der Waals surface area (Å²) in [5.41, 5.74) is 1.01. The van der Waals surface area contributed by atoms with Crippen LogP contribution in [0.1, 0.15) is 38.7 Å². The molecule has 0 spiro atoms. The Kier molecular flexibility index (Phi) is 5.86. The van der Waals surface area contributed by atoms with Crippen LogP contribution in [0.2, 0.25) is 0 Å². The fraction of sp³-hybridized carbons (Fsp3) is 0.615. The van der Waals surface area contributed by atoms with Gasteiger partial charge in [-0.05, 0) is 25.5 Å². The second-order valence-corrected chi connectivity index (χ2v) is 4.06. The number of hydrogen-bond acceptors (Lipinski definition) is 2. The third-order valence-corrected chi connectivity index (χ3v) is 2.59. The van der Waals surface area contributed by atoms with Crippen LogP contribution in [0.15, 0.2) is 23.1 Å². The van der Waals surface area contributed by atoms with Crippen LogP contribution in [-0.4, -0.2) is 11.1 Å². The number of hydrogen-bond donors (Lipinski definition) is 1. The third-order valence-electron chi connectivity index (χ3n) is 2.59. The van der Waals surface area contributed by atoms with Crippen molar-refractivity contribution in [1.29, 1.82) is 0 Å². The second kappa shape index (κ2) is 7.23. The predicted octanol–water partition coefficient (Wildman–Crippen LogP) is 2.15. The zero-order valence-corrected chi connectivity index (χ0v) is 10.3. The molecule has 3 heteroatoms. The molecule has 0 atom stereocenters. The zero-order chi connectivity index (χ0) is 11.8. The Bertz CT molecular complexity index is 357. The Hall–Kier alpha value is -1.09. The first-order valence-electron chi connectivity index (χ1n) is 6.18. The van der Waals surface area contributed by atoms with Crippen LogP contribution in [0, 0.1) is 0 Å². The molecule has 0 aliphatic heterocycles. The molecular weight excluding hydrogens is 200 g/mol. The van der Waals surface area contributed by atoms with Crippen LogP contribution >= 0.6 is 0 Å². The number of aryl methyl sites for hydroxylation is 1. The van der Waals surface area contributed by atoms with E-state index in [1.54, 1.807) is 4.57 Å². The van der Waals surface area contributed by atoms with E-state index in [-0.39, 0.29) is 5.56 Å². The summed E-state index contributed by atoms with van der Waals surface area (Å²) in [7, 11) is 0. The van der Waals surface area contributed by atoms with Gasteiger partial charge in [-0.2, -0.15) is 0 Å². The van der Waals surface area contributed by atoms with Gasteiger partial charge in [0.2, 0.25) is 0 Å². The standard InChI is InChI=1S/C13H22N2O/c1-3-5-8-14-11-12-7-6-10-15(9-4-2)13(12)16/h6-7,10,14H,3-5,8-9,11H2,1-2H3. The molecule has 0 saturated carbocycles. The minimum atomic E-state index is 0.147. The quantitative estimate of drug-likeness (QED) is 0.717. The predicted molar refractivity (Wildman–Crippen MR) is 67.6 cm³/mol. The first-order valence-corrected chi connectivity index (χ1v) is 6.18. The SMILES string of the molecule is CCCCNCc1cccn(CCC)c1=O. The minimum absolute atomic E-state index is 0.147. The van der Waals surface area contributed by atoms with E-state index in [0.717, 1.165) is 31.5 Å². The van der Waals surface area contributed by atoms with Gasteiger partial charge in [0.05, 0.1) is 0 Å². The summed E-state index contributed by atoms with van der Waals surface area (Å²) >= 11 is 0. The highest BCUT2D eigenvalue weighted by atomic mass is 16.1. The Balaban J connectivity index is 2.59. The number of rotatable bonds is 7. The van der Waals surface area contributed by atoms with Gasteiger partial charge in [-0.1, -0.05) is 26.3 Å². The average molecular weight is 222 g/mol. The number of nitrogens with zero attached hydrogens (tertiary/aromatic N) is 1. The Morgan fingerprint density at radius 3 is 2.81 bits per heavy atom. The normalized spacial score (nSPS) is 10.6. The van der Waals surface area contributed by atoms with Crippen molar-refractivity contribution in [3.8, 4) is 0 Å². The van der Waals surface area contributed by atoms with E-state index in [9.17, 15) is 4.79 Å². The van der Waals surface area contributed by atoms with E-state index < -0.39 is 0 Å². The molecule has 1 rings (SSSR count). The van der Waals surface area contributed by atoms with Gasteiger partial charge in [-0.3, -0.25) is 4.79 Å². The van der Waals surface area contributed by atoms with Gasteiger partial charge in [0.25, 0.3) is 5.56 Å². The van der Waals surface area contributed by atoms with Crippen LogP contribution in [0.25, 0.3) is 0 Å². The summed E-state index contributed by atoms with van der Waals surface area (Å²) in [4.78, 5) is 11.9. The molecule has 0 amide bonds. The van der Waals surface area contributed by atoms with E-state index >= 15 is 0 Å². The maximum atomic E-state index is 11.9. The van der Waals surface area contributed by atoms with Crippen LogP contribution in [-0.2, 0) is 13.1 Å². The van der Waals surface area contributed by atoms with Crippen LogP contribution in [0.3, 0.4) is 0 Å². The highest BCUT2D eigenvalue weighted by Gasteiger charge is 2.01. The van der Waals surface area contributed by atoms with E-state index in [2.05, 4.69) is 19.2 Å². The van der Waals surface area contributed by atoms with Gasteiger partial charge in [0, 0.05) is 24.8 Å². The minimum Gasteiger partial charge on any atom is -0.315 e. The van der Waals surface area contributed by atoms with E-state index in [0.29, 0.717) is 6.54 Å². The molecule has 0 fully saturated rings. The maximum Gasteiger partial charge on any atom is 0.255 e. The van der Waals surface area contributed by atoms with Gasteiger partial charge >= 0.3 is 0 Å². The van der Waals surface area contributed by atoms with Crippen molar-refractivity contribution in [2.24, 2.45) is 0 Å². The van der Waals surface area contributed by atoms with Crippen LogP contribution < -0.4 is 10.9 Å². The summed E-state index contributed by atoms with van der Waals surface area (Å²) in [6, 6.07) is 3.86. The summed E-state index contributed by atoms with van der Waals surface area (Å²) in [5.74, 6) is 0. The molecule has 0 aliphatic rings. The van der Waals surface area contributed by atoms with Crippen molar-refractivity contribution < 1.29 is 0 Å². The summed E-state index contributed by atoms with van der Waals surface area (Å²) < 4.78 is 1.79. The van der Waals surface area contributed by atoms with Crippen molar-refractivity contribution in [2.45, 2.75) is 46.2 Å². The van der Waals surface area contributed by atoms with E-state index in [1.165, 1.54) is 6.42 Å². The van der Waals surface area contributed by atoms with Gasteiger partial charge in [-0.25, -0.2) is 0 Å². The lowest BCUT2D eigenvalue weighted by Gasteiger charge is -2.07. The Morgan fingerprint density at radius 2 is 2.12 bits per heavy atom. The maximum absolute atomic E-state index is 11.9. The molecule has 1 aromatic heterocycles. The average Bonchev–Trinajstić information content (AvgIpc) is 2.29.